The molecule has 15 heavy (non-hydrogen) atoms. The van der Waals surface area contributed by atoms with Crippen LogP contribution in [0.25, 0.3) is 0 Å². The highest BCUT2D eigenvalue weighted by molar-refractivity contribution is 6.05. The maximum absolute atomic E-state index is 11.5. The van der Waals surface area contributed by atoms with Crippen LogP contribution in [0.2, 0.25) is 0 Å². The largest absolute Gasteiger partial charge is 0.466 e. The predicted molar refractivity (Wildman–Crippen MR) is 51.3 cm³/mol. The van der Waals surface area contributed by atoms with Gasteiger partial charge in [-0.05, 0) is 13.8 Å². The quantitative estimate of drug-likeness (QED) is 0.405. The van der Waals surface area contributed by atoms with Gasteiger partial charge >= 0.3 is 5.97 Å². The fraction of sp³-hybridized carbons (Fsp3) is 0.556. The average Bonchev–Trinajstić information content (AvgIpc) is 2.48. The zero-order chi connectivity index (χ0) is 11.4. The molecule has 0 N–H and O–H groups in total. The molecule has 0 radical (unpaired) electrons. The molecule has 1 aromatic heterocycles. The number of aromatic nitrogens is 3. The van der Waals surface area contributed by atoms with E-state index >= 15 is 0 Å². The fourth-order valence-electron chi connectivity index (χ4n) is 1.09. The third-order valence-corrected chi connectivity index (χ3v) is 1.98. The molecule has 0 fully saturated rings. The Kier molecular flexibility index (Phi) is 3.54. The van der Waals surface area contributed by atoms with Gasteiger partial charge in [-0.2, -0.15) is 0 Å². The SMILES string of the molecule is CCOC(=O)CC(=O)c1nnn(C)c1C. The molecule has 82 valence electrons. The third kappa shape index (κ3) is 2.61. The van der Waals surface area contributed by atoms with Crippen LogP contribution in [0.3, 0.4) is 0 Å². The monoisotopic (exact) mass is 211 g/mol. The van der Waals surface area contributed by atoms with Crippen molar-refractivity contribution < 1.29 is 14.3 Å². The van der Waals surface area contributed by atoms with Gasteiger partial charge in [-0.25, -0.2) is 0 Å². The number of ketones is 1. The van der Waals surface area contributed by atoms with Crippen LogP contribution in [-0.4, -0.2) is 33.4 Å². The Bertz CT molecular complexity index is 384. The van der Waals surface area contributed by atoms with Crippen LogP contribution in [0.5, 0.6) is 0 Å². The molecule has 0 saturated carbocycles. The highest BCUT2D eigenvalue weighted by atomic mass is 16.5. The van der Waals surface area contributed by atoms with Gasteiger partial charge in [0.2, 0.25) is 0 Å². The number of ether oxygens (including phenoxy) is 1. The van der Waals surface area contributed by atoms with Crippen LogP contribution in [0.15, 0.2) is 0 Å². The minimum absolute atomic E-state index is 0.227. The lowest BCUT2D eigenvalue weighted by atomic mass is 10.2. The topological polar surface area (TPSA) is 74.1 Å². The zero-order valence-corrected chi connectivity index (χ0v) is 8.98. The van der Waals surface area contributed by atoms with Crippen LogP contribution < -0.4 is 0 Å². The van der Waals surface area contributed by atoms with Crippen LogP contribution in [0.1, 0.15) is 29.5 Å². The molecule has 0 spiro atoms. The number of rotatable bonds is 4. The summed E-state index contributed by atoms with van der Waals surface area (Å²) in [6.45, 7) is 3.68. The van der Waals surface area contributed by atoms with Crippen molar-refractivity contribution in [3.05, 3.63) is 11.4 Å². The van der Waals surface area contributed by atoms with Crippen molar-refractivity contribution in [2.45, 2.75) is 20.3 Å². The van der Waals surface area contributed by atoms with E-state index in [0.29, 0.717) is 5.69 Å². The van der Waals surface area contributed by atoms with Crippen molar-refractivity contribution in [2.24, 2.45) is 7.05 Å². The zero-order valence-electron chi connectivity index (χ0n) is 8.98. The summed E-state index contributed by atoms with van der Waals surface area (Å²) in [5.74, 6) is -0.897. The number of carbonyl (C=O) groups excluding carboxylic acids is 2. The first-order valence-electron chi connectivity index (χ1n) is 4.61. The van der Waals surface area contributed by atoms with Crippen molar-refractivity contribution in [3.63, 3.8) is 0 Å². The van der Waals surface area contributed by atoms with Crippen molar-refractivity contribution in [2.75, 3.05) is 6.61 Å². The molecule has 6 heteroatoms. The van der Waals surface area contributed by atoms with E-state index in [-0.39, 0.29) is 24.5 Å². The van der Waals surface area contributed by atoms with E-state index in [1.165, 1.54) is 4.68 Å². The molecule has 0 atom stereocenters. The molecule has 0 aliphatic heterocycles. The lowest BCUT2D eigenvalue weighted by Crippen LogP contribution is -2.12. The molecule has 0 aliphatic rings. The Hall–Kier alpha value is -1.72. The van der Waals surface area contributed by atoms with Crippen molar-refractivity contribution >= 4 is 11.8 Å². The number of carbonyl (C=O) groups is 2. The average molecular weight is 211 g/mol. The second-order valence-electron chi connectivity index (χ2n) is 3.05. The first kappa shape index (κ1) is 11.4. The summed E-state index contributed by atoms with van der Waals surface area (Å²) in [4.78, 5) is 22.6. The summed E-state index contributed by atoms with van der Waals surface area (Å²) in [5, 5.41) is 7.37. The first-order valence-corrected chi connectivity index (χ1v) is 4.61. The number of hydrogen-bond acceptors (Lipinski definition) is 5. The van der Waals surface area contributed by atoms with Gasteiger partial charge in [-0.3, -0.25) is 14.3 Å². The Labute approximate surface area is 87.2 Å². The second-order valence-corrected chi connectivity index (χ2v) is 3.05. The number of nitrogens with zero attached hydrogens (tertiary/aromatic N) is 3. The smallest absolute Gasteiger partial charge is 0.313 e. The molecule has 0 aliphatic carbocycles. The third-order valence-electron chi connectivity index (χ3n) is 1.98. The van der Waals surface area contributed by atoms with Crippen LogP contribution >= 0.6 is 0 Å². The van der Waals surface area contributed by atoms with Crippen molar-refractivity contribution in [1.82, 2.24) is 15.0 Å². The Morgan fingerprint density at radius 3 is 2.60 bits per heavy atom. The molecule has 1 aromatic rings. The minimum atomic E-state index is -0.535. The van der Waals surface area contributed by atoms with E-state index in [2.05, 4.69) is 15.0 Å². The van der Waals surface area contributed by atoms with Crippen molar-refractivity contribution in [1.29, 1.82) is 0 Å². The molecule has 0 unspecified atom stereocenters. The lowest BCUT2D eigenvalue weighted by molar-refractivity contribution is -0.141. The Morgan fingerprint density at radius 1 is 1.47 bits per heavy atom. The highest BCUT2D eigenvalue weighted by Crippen LogP contribution is 2.05. The van der Waals surface area contributed by atoms with E-state index in [1.54, 1.807) is 20.9 Å². The molecule has 6 nitrogen and oxygen atoms in total. The summed E-state index contributed by atoms with van der Waals surface area (Å²) >= 11 is 0. The summed E-state index contributed by atoms with van der Waals surface area (Å²) < 4.78 is 6.15. The van der Waals surface area contributed by atoms with Gasteiger partial charge in [0.25, 0.3) is 0 Å². The number of hydrogen-bond donors (Lipinski definition) is 0. The van der Waals surface area contributed by atoms with Crippen LogP contribution in [-0.2, 0) is 16.6 Å². The van der Waals surface area contributed by atoms with Crippen LogP contribution in [0.4, 0.5) is 0 Å². The fourth-order valence-corrected chi connectivity index (χ4v) is 1.09. The number of Topliss-reactive ketones (excluding diaryl/α,β-unsaturated/α-hetero) is 1. The molecular formula is C9H13N3O3. The lowest BCUT2D eigenvalue weighted by Gasteiger charge is -1.99. The van der Waals surface area contributed by atoms with E-state index in [0.717, 1.165) is 0 Å². The molecule has 0 saturated heterocycles. The molecule has 1 rings (SSSR count). The van der Waals surface area contributed by atoms with Gasteiger partial charge in [0.05, 0.1) is 12.3 Å². The molecular weight excluding hydrogens is 198 g/mol. The maximum Gasteiger partial charge on any atom is 0.313 e. The summed E-state index contributed by atoms with van der Waals surface area (Å²) in [6, 6.07) is 0. The number of esters is 1. The van der Waals surface area contributed by atoms with Gasteiger partial charge in [0, 0.05) is 7.05 Å². The standard InChI is InChI=1S/C9H13N3O3/c1-4-15-8(14)5-7(13)9-6(2)12(3)11-10-9/h4-5H2,1-3H3. The number of aryl methyl sites for hydroxylation is 1. The summed E-state index contributed by atoms with van der Waals surface area (Å²) in [5.41, 5.74) is 0.870. The Morgan fingerprint density at radius 2 is 2.13 bits per heavy atom. The van der Waals surface area contributed by atoms with Gasteiger partial charge in [0.15, 0.2) is 11.5 Å². The molecule has 0 amide bonds. The van der Waals surface area contributed by atoms with E-state index < -0.39 is 5.97 Å². The van der Waals surface area contributed by atoms with Crippen LogP contribution in [0, 0.1) is 6.92 Å². The van der Waals surface area contributed by atoms with E-state index in [9.17, 15) is 9.59 Å². The maximum atomic E-state index is 11.5. The molecule has 1 heterocycles. The highest BCUT2D eigenvalue weighted by Gasteiger charge is 2.18. The van der Waals surface area contributed by atoms with E-state index in [1.807, 2.05) is 0 Å². The second kappa shape index (κ2) is 4.68. The predicted octanol–water partition coefficient (Wildman–Crippen LogP) is 0.259. The van der Waals surface area contributed by atoms with Crippen molar-refractivity contribution in [3.8, 4) is 0 Å². The van der Waals surface area contributed by atoms with Gasteiger partial charge in [0.1, 0.15) is 6.42 Å². The summed E-state index contributed by atoms with van der Waals surface area (Å²) in [6.07, 6.45) is -0.284. The normalized spacial score (nSPS) is 10.1. The van der Waals surface area contributed by atoms with E-state index in [4.69, 9.17) is 0 Å². The minimum Gasteiger partial charge on any atom is -0.466 e. The first-order chi connectivity index (χ1) is 7.06. The molecule has 0 bridgehead atoms. The summed E-state index contributed by atoms with van der Waals surface area (Å²) in [7, 11) is 1.68. The van der Waals surface area contributed by atoms with Gasteiger partial charge < -0.3 is 4.74 Å². The Balaban J connectivity index is 2.69. The van der Waals surface area contributed by atoms with Gasteiger partial charge in [-0.1, -0.05) is 5.21 Å². The molecule has 0 aromatic carbocycles. The van der Waals surface area contributed by atoms with Gasteiger partial charge in [-0.15, -0.1) is 5.10 Å².